The highest BCUT2D eigenvalue weighted by Gasteiger charge is 2.32. The summed E-state index contributed by atoms with van der Waals surface area (Å²) in [7, 11) is 2.10. The van der Waals surface area contributed by atoms with E-state index in [1.165, 1.54) is 0 Å². The zero-order valence-corrected chi connectivity index (χ0v) is 13.5. The molecule has 6 heteroatoms. The van der Waals surface area contributed by atoms with Crippen LogP contribution in [0.25, 0.3) is 0 Å². The maximum atomic E-state index is 12.4. The van der Waals surface area contributed by atoms with E-state index in [-0.39, 0.29) is 30.6 Å². The molecule has 0 aliphatic carbocycles. The number of rotatable bonds is 3. The first-order valence-electron chi connectivity index (χ1n) is 8.25. The van der Waals surface area contributed by atoms with E-state index in [1.807, 2.05) is 24.3 Å². The van der Waals surface area contributed by atoms with Gasteiger partial charge in [-0.2, -0.15) is 0 Å². The third-order valence-corrected chi connectivity index (χ3v) is 4.75. The number of piperidine rings is 1. The fourth-order valence-electron chi connectivity index (χ4n) is 3.29. The van der Waals surface area contributed by atoms with Crippen LogP contribution in [-0.2, 0) is 0 Å². The molecule has 1 aromatic rings. The summed E-state index contributed by atoms with van der Waals surface area (Å²) in [6.45, 7) is 2.40. The Kier molecular flexibility index (Phi) is 5.03. The van der Waals surface area contributed by atoms with Gasteiger partial charge in [-0.15, -0.1) is 0 Å². The normalized spacial score (nSPS) is 25.3. The number of para-hydroxylation sites is 1. The molecular weight excluding hydrogens is 294 g/mol. The summed E-state index contributed by atoms with van der Waals surface area (Å²) in [6.07, 6.45) is 1.94. The molecule has 0 spiro atoms. The van der Waals surface area contributed by atoms with Crippen molar-refractivity contribution in [3.05, 3.63) is 29.8 Å². The van der Waals surface area contributed by atoms with Gasteiger partial charge >= 0.3 is 6.03 Å². The average molecular weight is 319 g/mol. The van der Waals surface area contributed by atoms with E-state index >= 15 is 0 Å². The van der Waals surface area contributed by atoms with Crippen LogP contribution >= 0.6 is 0 Å². The Bertz CT molecular complexity index is 544. The molecule has 1 aromatic carbocycles. The Morgan fingerprint density at radius 3 is 2.78 bits per heavy atom. The van der Waals surface area contributed by atoms with E-state index in [4.69, 9.17) is 4.74 Å². The highest BCUT2D eigenvalue weighted by Crippen LogP contribution is 2.34. The zero-order valence-electron chi connectivity index (χ0n) is 13.5. The first-order chi connectivity index (χ1) is 11.2. The van der Waals surface area contributed by atoms with E-state index in [1.54, 1.807) is 0 Å². The third-order valence-electron chi connectivity index (χ3n) is 4.75. The Labute approximate surface area is 136 Å². The summed E-state index contributed by atoms with van der Waals surface area (Å²) in [4.78, 5) is 14.6. The second-order valence-corrected chi connectivity index (χ2v) is 6.46. The van der Waals surface area contributed by atoms with Crippen molar-refractivity contribution in [1.29, 1.82) is 0 Å². The third kappa shape index (κ3) is 3.76. The smallest absolute Gasteiger partial charge is 0.315 e. The van der Waals surface area contributed by atoms with E-state index in [2.05, 4.69) is 22.6 Å². The van der Waals surface area contributed by atoms with Gasteiger partial charge in [0.25, 0.3) is 0 Å². The van der Waals surface area contributed by atoms with Crippen molar-refractivity contribution in [2.24, 2.45) is 5.92 Å². The van der Waals surface area contributed by atoms with Gasteiger partial charge in [0.15, 0.2) is 0 Å². The summed E-state index contributed by atoms with van der Waals surface area (Å²) in [6, 6.07) is 7.49. The topological polar surface area (TPSA) is 73.8 Å². The van der Waals surface area contributed by atoms with E-state index in [0.717, 1.165) is 37.2 Å². The van der Waals surface area contributed by atoms with Crippen LogP contribution in [0.5, 0.6) is 5.75 Å². The van der Waals surface area contributed by atoms with Crippen LogP contribution in [0.1, 0.15) is 24.4 Å². The lowest BCUT2D eigenvalue weighted by molar-refractivity contribution is 0.113. The number of ether oxygens (including phenoxy) is 1. The minimum Gasteiger partial charge on any atom is -0.493 e. The highest BCUT2D eigenvalue weighted by molar-refractivity contribution is 5.75. The molecule has 0 aromatic heterocycles. The second kappa shape index (κ2) is 7.19. The molecule has 1 saturated heterocycles. The summed E-state index contributed by atoms with van der Waals surface area (Å²) in [5.41, 5.74) is 0.927. The predicted molar refractivity (Wildman–Crippen MR) is 87.4 cm³/mol. The van der Waals surface area contributed by atoms with Crippen LogP contribution in [-0.4, -0.2) is 55.4 Å². The number of nitrogens with zero attached hydrogens (tertiary/aromatic N) is 1. The molecule has 2 heterocycles. The average Bonchev–Trinajstić information content (AvgIpc) is 2.57. The molecule has 3 N–H and O–H groups in total. The number of hydrogen-bond acceptors (Lipinski definition) is 4. The molecule has 2 aliphatic rings. The molecule has 23 heavy (non-hydrogen) atoms. The Hall–Kier alpha value is -1.79. The predicted octanol–water partition coefficient (Wildman–Crippen LogP) is 1.12. The van der Waals surface area contributed by atoms with Crippen molar-refractivity contribution >= 4 is 6.03 Å². The number of aliphatic hydroxyl groups is 1. The van der Waals surface area contributed by atoms with Crippen molar-refractivity contribution in [3.8, 4) is 5.75 Å². The van der Waals surface area contributed by atoms with Gasteiger partial charge in [0.2, 0.25) is 0 Å². The molecule has 0 saturated carbocycles. The van der Waals surface area contributed by atoms with Gasteiger partial charge < -0.3 is 25.4 Å². The van der Waals surface area contributed by atoms with Crippen molar-refractivity contribution in [2.75, 3.05) is 33.4 Å². The number of amides is 2. The number of nitrogens with one attached hydrogen (secondary N) is 2. The number of urea groups is 1. The Morgan fingerprint density at radius 1 is 1.30 bits per heavy atom. The van der Waals surface area contributed by atoms with Crippen LogP contribution in [0.3, 0.4) is 0 Å². The number of benzene rings is 1. The summed E-state index contributed by atoms with van der Waals surface area (Å²) in [5, 5.41) is 15.7. The molecule has 0 unspecified atom stereocenters. The Morgan fingerprint density at radius 2 is 2.04 bits per heavy atom. The first kappa shape index (κ1) is 16.1. The number of carbonyl (C=O) groups is 1. The highest BCUT2D eigenvalue weighted by atomic mass is 16.5. The van der Waals surface area contributed by atoms with Crippen LogP contribution in [0.4, 0.5) is 4.79 Å². The van der Waals surface area contributed by atoms with Gasteiger partial charge in [-0.3, -0.25) is 0 Å². The van der Waals surface area contributed by atoms with Gasteiger partial charge in [0, 0.05) is 17.5 Å². The lowest BCUT2D eigenvalue weighted by Crippen LogP contribution is -2.50. The van der Waals surface area contributed by atoms with Crippen molar-refractivity contribution in [1.82, 2.24) is 15.5 Å². The molecule has 6 nitrogen and oxygen atoms in total. The van der Waals surface area contributed by atoms with Gasteiger partial charge in [0.05, 0.1) is 19.3 Å². The standard InChI is InChI=1S/C17H25N3O3/c1-20-8-6-13(7-9-20)18-17(22)19-16-12(10-21)11-23-15-5-3-2-4-14(15)16/h2-5,12-13,16,21H,6-11H2,1H3,(H2,18,19,22)/t12-,16-/m1/s1. The molecule has 2 aliphatic heterocycles. The fourth-order valence-corrected chi connectivity index (χ4v) is 3.29. The summed E-state index contributed by atoms with van der Waals surface area (Å²) >= 11 is 0. The van der Waals surface area contributed by atoms with Gasteiger partial charge in [-0.25, -0.2) is 4.79 Å². The molecule has 0 radical (unpaired) electrons. The lowest BCUT2D eigenvalue weighted by atomic mass is 9.91. The molecule has 126 valence electrons. The van der Waals surface area contributed by atoms with Gasteiger partial charge in [-0.05, 0) is 39.0 Å². The molecule has 2 atom stereocenters. The zero-order chi connectivity index (χ0) is 16.2. The molecule has 3 rings (SSSR count). The molecular formula is C17H25N3O3. The van der Waals surface area contributed by atoms with E-state index in [0.29, 0.717) is 6.61 Å². The van der Waals surface area contributed by atoms with Crippen LogP contribution in [0, 0.1) is 5.92 Å². The largest absolute Gasteiger partial charge is 0.493 e. The van der Waals surface area contributed by atoms with Gasteiger partial charge in [-0.1, -0.05) is 18.2 Å². The second-order valence-electron chi connectivity index (χ2n) is 6.46. The quantitative estimate of drug-likeness (QED) is 0.781. The van der Waals surface area contributed by atoms with Gasteiger partial charge in [0.1, 0.15) is 5.75 Å². The van der Waals surface area contributed by atoms with Crippen LogP contribution < -0.4 is 15.4 Å². The molecule has 1 fully saturated rings. The lowest BCUT2D eigenvalue weighted by Gasteiger charge is -2.34. The number of aliphatic hydroxyl groups excluding tert-OH is 1. The maximum absolute atomic E-state index is 12.4. The molecule has 2 amide bonds. The van der Waals surface area contributed by atoms with Crippen LogP contribution in [0.15, 0.2) is 24.3 Å². The van der Waals surface area contributed by atoms with E-state index < -0.39 is 0 Å². The number of likely N-dealkylation sites (tertiary alicyclic amines) is 1. The van der Waals surface area contributed by atoms with E-state index in [9.17, 15) is 9.90 Å². The minimum absolute atomic E-state index is 0.0203. The maximum Gasteiger partial charge on any atom is 0.315 e. The van der Waals surface area contributed by atoms with Crippen molar-refractivity contribution in [3.63, 3.8) is 0 Å². The number of carbonyl (C=O) groups excluding carboxylic acids is 1. The number of fused-ring (bicyclic) bond motifs is 1. The summed E-state index contributed by atoms with van der Waals surface area (Å²) in [5.74, 6) is 0.648. The SMILES string of the molecule is CN1CCC(NC(=O)N[C@H]2c3ccccc3OC[C@H]2CO)CC1. The first-order valence-corrected chi connectivity index (χ1v) is 8.25. The Balaban J connectivity index is 1.64. The van der Waals surface area contributed by atoms with Crippen molar-refractivity contribution in [2.45, 2.75) is 24.9 Å². The summed E-state index contributed by atoms with van der Waals surface area (Å²) < 4.78 is 5.66. The van der Waals surface area contributed by atoms with Crippen molar-refractivity contribution < 1.29 is 14.6 Å². The minimum atomic E-state index is -0.226. The monoisotopic (exact) mass is 319 g/mol. The van der Waals surface area contributed by atoms with Crippen LogP contribution in [0.2, 0.25) is 0 Å². The fraction of sp³-hybridized carbons (Fsp3) is 0.588. The number of hydrogen-bond donors (Lipinski definition) is 3. The molecule has 0 bridgehead atoms.